The van der Waals surface area contributed by atoms with E-state index in [1.165, 1.54) is 0 Å². The van der Waals surface area contributed by atoms with Gasteiger partial charge >= 0.3 is 0 Å². The molecule has 0 saturated heterocycles. The van der Waals surface area contributed by atoms with Crippen LogP contribution in [-0.2, 0) is 0 Å². The van der Waals surface area contributed by atoms with Crippen LogP contribution in [0.15, 0.2) is 12.1 Å². The summed E-state index contributed by atoms with van der Waals surface area (Å²) in [6.07, 6.45) is 0. The fourth-order valence-corrected chi connectivity index (χ4v) is 2.45. The molecular formula is C11H14N2O2S. The summed E-state index contributed by atoms with van der Waals surface area (Å²) in [6.45, 7) is 2.91. The van der Waals surface area contributed by atoms with E-state index >= 15 is 0 Å². The molecular weight excluding hydrogens is 224 g/mol. The predicted molar refractivity (Wildman–Crippen MR) is 66.9 cm³/mol. The van der Waals surface area contributed by atoms with Crippen molar-refractivity contribution in [3.05, 3.63) is 12.1 Å². The molecule has 0 atom stereocenters. The first kappa shape index (κ1) is 11.0. The molecule has 0 saturated carbocycles. The highest BCUT2D eigenvalue weighted by molar-refractivity contribution is 7.22. The van der Waals surface area contributed by atoms with E-state index in [2.05, 4.69) is 10.3 Å². The summed E-state index contributed by atoms with van der Waals surface area (Å²) in [5.74, 6) is 1.53. The van der Waals surface area contributed by atoms with Crippen molar-refractivity contribution in [2.75, 3.05) is 26.1 Å². The number of fused-ring (bicyclic) bond motifs is 1. The van der Waals surface area contributed by atoms with Gasteiger partial charge in [-0.2, -0.15) is 0 Å². The molecule has 2 aromatic rings. The van der Waals surface area contributed by atoms with Crippen molar-refractivity contribution in [3.8, 4) is 11.5 Å². The quantitative estimate of drug-likeness (QED) is 0.889. The fraction of sp³-hybridized carbons (Fsp3) is 0.364. The number of anilines is 1. The van der Waals surface area contributed by atoms with E-state index in [4.69, 9.17) is 9.47 Å². The largest absolute Gasteiger partial charge is 0.497 e. The monoisotopic (exact) mass is 238 g/mol. The lowest BCUT2D eigenvalue weighted by Gasteiger charge is -2.03. The Morgan fingerprint density at radius 1 is 1.31 bits per heavy atom. The van der Waals surface area contributed by atoms with Crippen LogP contribution in [0, 0.1) is 0 Å². The lowest BCUT2D eigenvalue weighted by atomic mass is 10.3. The summed E-state index contributed by atoms with van der Waals surface area (Å²) in [5, 5.41) is 4.10. The molecule has 16 heavy (non-hydrogen) atoms. The van der Waals surface area contributed by atoms with Crippen LogP contribution in [-0.4, -0.2) is 25.7 Å². The Morgan fingerprint density at radius 2 is 2.12 bits per heavy atom. The van der Waals surface area contributed by atoms with Crippen LogP contribution < -0.4 is 14.8 Å². The van der Waals surface area contributed by atoms with E-state index < -0.39 is 0 Å². The average molecular weight is 238 g/mol. The minimum Gasteiger partial charge on any atom is -0.497 e. The van der Waals surface area contributed by atoms with Gasteiger partial charge in [0.05, 0.1) is 18.9 Å². The second kappa shape index (κ2) is 4.57. The van der Waals surface area contributed by atoms with Gasteiger partial charge in [0.2, 0.25) is 0 Å². The molecule has 1 N–H and O–H groups in total. The molecule has 1 heterocycles. The van der Waals surface area contributed by atoms with Gasteiger partial charge in [0.25, 0.3) is 0 Å². The van der Waals surface area contributed by atoms with Crippen molar-refractivity contribution in [1.82, 2.24) is 4.98 Å². The van der Waals surface area contributed by atoms with E-state index in [0.717, 1.165) is 33.4 Å². The first-order chi connectivity index (χ1) is 7.78. The van der Waals surface area contributed by atoms with Crippen LogP contribution in [0.5, 0.6) is 11.5 Å². The van der Waals surface area contributed by atoms with E-state index in [-0.39, 0.29) is 0 Å². The second-order valence-corrected chi connectivity index (χ2v) is 4.26. The molecule has 4 nitrogen and oxygen atoms in total. The Labute approximate surface area is 98.2 Å². The maximum atomic E-state index is 5.30. The van der Waals surface area contributed by atoms with Crippen molar-refractivity contribution in [2.24, 2.45) is 0 Å². The topological polar surface area (TPSA) is 43.4 Å². The molecule has 0 unspecified atom stereocenters. The predicted octanol–water partition coefficient (Wildman–Crippen LogP) is 2.75. The van der Waals surface area contributed by atoms with Gasteiger partial charge in [0.1, 0.15) is 17.0 Å². The first-order valence-electron chi connectivity index (χ1n) is 5.05. The fourth-order valence-electron chi connectivity index (χ4n) is 1.48. The number of hydrogen-bond acceptors (Lipinski definition) is 5. The number of thiazole rings is 1. The van der Waals surface area contributed by atoms with Gasteiger partial charge in [-0.25, -0.2) is 4.98 Å². The highest BCUT2D eigenvalue weighted by Gasteiger charge is 2.10. The van der Waals surface area contributed by atoms with Crippen molar-refractivity contribution in [2.45, 2.75) is 6.92 Å². The van der Waals surface area contributed by atoms with E-state index in [1.54, 1.807) is 25.6 Å². The molecule has 2 rings (SSSR count). The third kappa shape index (κ3) is 1.90. The lowest BCUT2D eigenvalue weighted by Crippen LogP contribution is -1.94. The Hall–Kier alpha value is -1.49. The maximum absolute atomic E-state index is 5.30. The zero-order chi connectivity index (χ0) is 11.5. The average Bonchev–Trinajstić information content (AvgIpc) is 2.70. The maximum Gasteiger partial charge on any atom is 0.183 e. The standard InChI is InChI=1S/C11H14N2O2S/c1-4-12-11-13-10-8(15-3)5-7(14-2)6-9(10)16-11/h5-6H,4H2,1-3H3,(H,12,13). The summed E-state index contributed by atoms with van der Waals surface area (Å²) < 4.78 is 11.6. The minimum absolute atomic E-state index is 0.745. The van der Waals surface area contributed by atoms with Crippen LogP contribution in [0.1, 0.15) is 6.92 Å². The van der Waals surface area contributed by atoms with Gasteiger partial charge in [-0.05, 0) is 13.0 Å². The highest BCUT2D eigenvalue weighted by Crippen LogP contribution is 2.35. The van der Waals surface area contributed by atoms with E-state index in [1.807, 2.05) is 19.1 Å². The summed E-state index contributed by atoms with van der Waals surface area (Å²) in [5.41, 5.74) is 0.879. The van der Waals surface area contributed by atoms with Gasteiger partial charge < -0.3 is 14.8 Å². The number of methoxy groups -OCH3 is 2. The molecule has 0 aliphatic carbocycles. The van der Waals surface area contributed by atoms with E-state index in [0.29, 0.717) is 0 Å². The second-order valence-electron chi connectivity index (χ2n) is 3.23. The summed E-state index contributed by atoms with van der Waals surface area (Å²) >= 11 is 1.60. The molecule has 0 aliphatic rings. The molecule has 0 spiro atoms. The number of hydrogen-bond donors (Lipinski definition) is 1. The molecule has 0 radical (unpaired) electrons. The smallest absolute Gasteiger partial charge is 0.183 e. The zero-order valence-electron chi connectivity index (χ0n) is 9.53. The van der Waals surface area contributed by atoms with Crippen LogP contribution in [0.4, 0.5) is 5.13 Å². The summed E-state index contributed by atoms with van der Waals surface area (Å²) in [4.78, 5) is 4.48. The minimum atomic E-state index is 0.745. The molecule has 0 amide bonds. The molecule has 1 aromatic heterocycles. The molecule has 0 bridgehead atoms. The number of rotatable bonds is 4. The number of aromatic nitrogens is 1. The first-order valence-corrected chi connectivity index (χ1v) is 5.86. The Bertz CT molecular complexity index is 496. The summed E-state index contributed by atoms with van der Waals surface area (Å²) in [6, 6.07) is 3.81. The van der Waals surface area contributed by atoms with Crippen LogP contribution in [0.3, 0.4) is 0 Å². The van der Waals surface area contributed by atoms with Crippen molar-refractivity contribution >= 4 is 26.7 Å². The molecule has 0 aliphatic heterocycles. The Balaban J connectivity index is 2.55. The third-order valence-corrected chi connectivity index (χ3v) is 3.18. The Kier molecular flexibility index (Phi) is 3.14. The van der Waals surface area contributed by atoms with Crippen LogP contribution in [0.25, 0.3) is 10.2 Å². The molecule has 86 valence electrons. The van der Waals surface area contributed by atoms with Gasteiger partial charge in [0, 0.05) is 12.6 Å². The zero-order valence-corrected chi connectivity index (χ0v) is 10.4. The number of ether oxygens (including phenoxy) is 2. The van der Waals surface area contributed by atoms with Gasteiger partial charge in [-0.1, -0.05) is 11.3 Å². The van der Waals surface area contributed by atoms with Gasteiger partial charge in [0.15, 0.2) is 5.13 Å². The number of nitrogens with zero attached hydrogens (tertiary/aromatic N) is 1. The molecule has 1 aromatic carbocycles. The normalized spacial score (nSPS) is 10.4. The highest BCUT2D eigenvalue weighted by atomic mass is 32.1. The summed E-state index contributed by atoms with van der Waals surface area (Å²) in [7, 11) is 3.29. The number of benzene rings is 1. The Morgan fingerprint density at radius 3 is 2.75 bits per heavy atom. The van der Waals surface area contributed by atoms with Crippen LogP contribution >= 0.6 is 11.3 Å². The SMILES string of the molecule is CCNc1nc2c(OC)cc(OC)cc2s1. The molecule has 5 heteroatoms. The van der Waals surface area contributed by atoms with Crippen molar-refractivity contribution < 1.29 is 9.47 Å². The molecule has 0 fully saturated rings. The van der Waals surface area contributed by atoms with Gasteiger partial charge in [-0.3, -0.25) is 0 Å². The lowest BCUT2D eigenvalue weighted by molar-refractivity contribution is 0.397. The van der Waals surface area contributed by atoms with Crippen molar-refractivity contribution in [1.29, 1.82) is 0 Å². The van der Waals surface area contributed by atoms with E-state index in [9.17, 15) is 0 Å². The third-order valence-electron chi connectivity index (χ3n) is 2.22. The van der Waals surface area contributed by atoms with Gasteiger partial charge in [-0.15, -0.1) is 0 Å². The van der Waals surface area contributed by atoms with Crippen LogP contribution in [0.2, 0.25) is 0 Å². The van der Waals surface area contributed by atoms with Crippen molar-refractivity contribution in [3.63, 3.8) is 0 Å². The number of nitrogens with one attached hydrogen (secondary N) is 1.